The zero-order chi connectivity index (χ0) is 17.1. The molecule has 0 fully saturated rings. The second kappa shape index (κ2) is 7.33. The third-order valence-corrected chi connectivity index (χ3v) is 4.57. The van der Waals surface area contributed by atoms with Gasteiger partial charge in [0.15, 0.2) is 0 Å². The summed E-state index contributed by atoms with van der Waals surface area (Å²) in [5, 5.41) is 1.30. The Morgan fingerprint density at radius 3 is 2.26 bits per heavy atom. The molecule has 0 saturated carbocycles. The lowest BCUT2D eigenvalue weighted by atomic mass is 9.84. The Labute approximate surface area is 140 Å². The molecule has 1 heterocycles. The molecule has 2 aromatic rings. The molecule has 2 heteroatoms. The molecule has 0 saturated heterocycles. The second-order valence-corrected chi connectivity index (χ2v) is 7.76. The smallest absolute Gasteiger partial charge is 0.138 e. The monoisotopic (exact) mass is 313 g/mol. The van der Waals surface area contributed by atoms with E-state index >= 15 is 0 Å². The highest BCUT2D eigenvalue weighted by molar-refractivity contribution is 5.87. The first-order chi connectivity index (χ1) is 10.8. The van der Waals surface area contributed by atoms with Crippen LogP contribution in [0.3, 0.4) is 0 Å². The molecule has 2 nitrogen and oxygen atoms in total. The number of fused-ring (bicyclic) bond motifs is 1. The summed E-state index contributed by atoms with van der Waals surface area (Å²) in [6.07, 6.45) is 4.09. The predicted octanol–water partition coefficient (Wildman–Crippen LogP) is 5.65. The van der Waals surface area contributed by atoms with E-state index in [9.17, 15) is 4.79 Å². The van der Waals surface area contributed by atoms with Gasteiger partial charge in [0.2, 0.25) is 0 Å². The molecule has 0 spiro atoms. The van der Waals surface area contributed by atoms with Crippen molar-refractivity contribution in [1.82, 2.24) is 4.57 Å². The molecule has 0 radical (unpaired) electrons. The maximum Gasteiger partial charge on any atom is 0.138 e. The molecule has 1 aromatic carbocycles. The molecular weight excluding hydrogens is 282 g/mol. The summed E-state index contributed by atoms with van der Waals surface area (Å²) in [5.74, 6) is 1.18. The van der Waals surface area contributed by atoms with E-state index in [2.05, 4.69) is 62.7 Å². The first kappa shape index (κ1) is 17.8. The number of benzene rings is 1. The van der Waals surface area contributed by atoms with E-state index in [4.69, 9.17) is 0 Å². The van der Waals surface area contributed by atoms with Crippen molar-refractivity contribution in [2.75, 3.05) is 0 Å². The number of rotatable bonds is 7. The fraction of sp³-hybridized carbons (Fsp3) is 0.571. The first-order valence-electron chi connectivity index (χ1n) is 8.93. The van der Waals surface area contributed by atoms with Crippen molar-refractivity contribution in [2.45, 2.75) is 60.4 Å². The summed E-state index contributed by atoms with van der Waals surface area (Å²) >= 11 is 0. The van der Waals surface area contributed by atoms with Gasteiger partial charge in [-0.1, -0.05) is 45.9 Å². The highest BCUT2D eigenvalue weighted by atomic mass is 16.1. The summed E-state index contributed by atoms with van der Waals surface area (Å²) in [5.41, 5.74) is 2.59. The van der Waals surface area contributed by atoms with Crippen LogP contribution in [0.15, 0.2) is 30.5 Å². The van der Waals surface area contributed by atoms with Crippen LogP contribution in [0.1, 0.15) is 59.6 Å². The van der Waals surface area contributed by atoms with Crippen LogP contribution < -0.4 is 0 Å². The predicted molar refractivity (Wildman–Crippen MR) is 98.8 cm³/mol. The summed E-state index contributed by atoms with van der Waals surface area (Å²) < 4.78 is 2.33. The SMILES string of the molecule is CC(C)CC(Cc1cn(C(C)C)c2ccccc12)C(=O)C(C)C. The lowest BCUT2D eigenvalue weighted by molar-refractivity contribution is -0.126. The number of para-hydroxylation sites is 1. The van der Waals surface area contributed by atoms with Crippen molar-refractivity contribution in [3.8, 4) is 0 Å². The van der Waals surface area contributed by atoms with Crippen LogP contribution in [0.25, 0.3) is 10.9 Å². The Morgan fingerprint density at radius 1 is 1.04 bits per heavy atom. The number of carbonyl (C=O) groups excluding carboxylic acids is 1. The molecule has 1 aromatic heterocycles. The first-order valence-corrected chi connectivity index (χ1v) is 8.93. The van der Waals surface area contributed by atoms with Crippen LogP contribution in [-0.4, -0.2) is 10.4 Å². The van der Waals surface area contributed by atoms with Gasteiger partial charge in [-0.2, -0.15) is 0 Å². The van der Waals surface area contributed by atoms with Crippen LogP contribution in [0.4, 0.5) is 0 Å². The van der Waals surface area contributed by atoms with Gasteiger partial charge in [-0.25, -0.2) is 0 Å². The number of ketones is 1. The van der Waals surface area contributed by atoms with E-state index in [1.165, 1.54) is 16.5 Å². The zero-order valence-corrected chi connectivity index (χ0v) is 15.5. The van der Waals surface area contributed by atoms with Crippen LogP contribution in [0.2, 0.25) is 0 Å². The Balaban J connectivity index is 2.40. The minimum atomic E-state index is 0.109. The molecule has 0 N–H and O–H groups in total. The number of nitrogens with zero attached hydrogens (tertiary/aromatic N) is 1. The molecule has 0 aliphatic carbocycles. The minimum absolute atomic E-state index is 0.109. The number of hydrogen-bond donors (Lipinski definition) is 0. The van der Waals surface area contributed by atoms with Crippen LogP contribution >= 0.6 is 0 Å². The minimum Gasteiger partial charge on any atom is -0.345 e. The Bertz CT molecular complexity index is 664. The van der Waals surface area contributed by atoms with Gasteiger partial charge in [0.05, 0.1) is 0 Å². The van der Waals surface area contributed by atoms with Crippen LogP contribution in [0, 0.1) is 17.8 Å². The molecule has 0 aliphatic heterocycles. The van der Waals surface area contributed by atoms with Gasteiger partial charge in [0.1, 0.15) is 5.78 Å². The Hall–Kier alpha value is -1.57. The molecule has 1 unspecified atom stereocenters. The normalized spacial score (nSPS) is 13.4. The van der Waals surface area contributed by atoms with Crippen molar-refractivity contribution < 1.29 is 4.79 Å². The van der Waals surface area contributed by atoms with Crippen molar-refractivity contribution in [3.63, 3.8) is 0 Å². The zero-order valence-electron chi connectivity index (χ0n) is 15.5. The van der Waals surface area contributed by atoms with Crippen LogP contribution in [-0.2, 0) is 11.2 Å². The summed E-state index contributed by atoms with van der Waals surface area (Å²) in [6.45, 7) is 12.9. The second-order valence-electron chi connectivity index (χ2n) is 7.76. The van der Waals surface area contributed by atoms with Gasteiger partial charge < -0.3 is 4.57 Å². The number of hydrogen-bond acceptors (Lipinski definition) is 1. The fourth-order valence-electron chi connectivity index (χ4n) is 3.47. The number of aromatic nitrogens is 1. The van der Waals surface area contributed by atoms with E-state index in [0.717, 1.165) is 12.8 Å². The molecule has 23 heavy (non-hydrogen) atoms. The lowest BCUT2D eigenvalue weighted by Gasteiger charge is -2.19. The van der Waals surface area contributed by atoms with Gasteiger partial charge in [0.25, 0.3) is 0 Å². The van der Waals surface area contributed by atoms with Crippen molar-refractivity contribution >= 4 is 16.7 Å². The highest BCUT2D eigenvalue weighted by Crippen LogP contribution is 2.29. The van der Waals surface area contributed by atoms with E-state index in [1.54, 1.807) is 0 Å². The third kappa shape index (κ3) is 4.04. The van der Waals surface area contributed by atoms with Gasteiger partial charge in [-0.3, -0.25) is 4.79 Å². The summed E-state index contributed by atoms with van der Waals surface area (Å²) in [6, 6.07) is 8.99. The molecule has 0 bridgehead atoms. The third-order valence-electron chi connectivity index (χ3n) is 4.57. The molecule has 0 amide bonds. The van der Waals surface area contributed by atoms with Crippen molar-refractivity contribution in [3.05, 3.63) is 36.0 Å². The van der Waals surface area contributed by atoms with Gasteiger partial charge in [0, 0.05) is 35.0 Å². The van der Waals surface area contributed by atoms with Gasteiger partial charge in [-0.05, 0) is 44.2 Å². The van der Waals surface area contributed by atoms with Crippen molar-refractivity contribution in [1.29, 1.82) is 0 Å². The highest BCUT2D eigenvalue weighted by Gasteiger charge is 2.24. The Morgan fingerprint density at radius 2 is 1.70 bits per heavy atom. The summed E-state index contributed by atoms with van der Waals surface area (Å²) in [7, 11) is 0. The van der Waals surface area contributed by atoms with E-state index < -0.39 is 0 Å². The molecule has 126 valence electrons. The molecular formula is C21H31NO. The van der Waals surface area contributed by atoms with Crippen LogP contribution in [0.5, 0.6) is 0 Å². The van der Waals surface area contributed by atoms with Gasteiger partial charge >= 0.3 is 0 Å². The fourth-order valence-corrected chi connectivity index (χ4v) is 3.47. The summed E-state index contributed by atoms with van der Waals surface area (Å²) in [4.78, 5) is 12.7. The van der Waals surface area contributed by atoms with Crippen molar-refractivity contribution in [2.24, 2.45) is 17.8 Å². The lowest BCUT2D eigenvalue weighted by Crippen LogP contribution is -2.23. The number of Topliss-reactive ketones (excluding diaryl/α,β-unsaturated/α-hetero) is 1. The average Bonchev–Trinajstić information content (AvgIpc) is 2.84. The van der Waals surface area contributed by atoms with E-state index in [0.29, 0.717) is 17.7 Å². The Kier molecular flexibility index (Phi) is 5.67. The number of carbonyl (C=O) groups is 1. The molecule has 0 aliphatic rings. The van der Waals surface area contributed by atoms with E-state index in [-0.39, 0.29) is 11.8 Å². The maximum atomic E-state index is 12.7. The maximum absolute atomic E-state index is 12.7. The largest absolute Gasteiger partial charge is 0.345 e. The molecule has 2 rings (SSSR count). The standard InChI is InChI=1S/C21H31NO/c1-14(2)11-17(21(23)15(3)4)12-18-13-22(16(5)6)20-10-8-7-9-19(18)20/h7-10,13-17H,11-12H2,1-6H3. The van der Waals surface area contributed by atoms with Gasteiger partial charge in [-0.15, -0.1) is 0 Å². The average molecular weight is 313 g/mol. The molecule has 1 atom stereocenters. The quantitative estimate of drug-likeness (QED) is 0.647. The topological polar surface area (TPSA) is 22.0 Å². The van der Waals surface area contributed by atoms with E-state index in [1.807, 2.05) is 13.8 Å².